The van der Waals surface area contributed by atoms with Crippen molar-refractivity contribution in [3.63, 3.8) is 0 Å². The quantitative estimate of drug-likeness (QED) is 0.134. The van der Waals surface area contributed by atoms with E-state index in [-0.39, 0.29) is 0 Å². The summed E-state index contributed by atoms with van der Waals surface area (Å²) < 4.78 is 3.90. The molecule has 0 saturated carbocycles. The summed E-state index contributed by atoms with van der Waals surface area (Å²) in [7, 11) is -7.35. The molecule has 0 aliphatic carbocycles. The van der Waals surface area contributed by atoms with Crippen LogP contribution in [0.25, 0.3) is 0 Å². The molecule has 0 fully saturated rings. The Kier molecular flexibility index (Phi) is 15.4. The maximum absolute atomic E-state index is 3.30. The van der Waals surface area contributed by atoms with Crippen LogP contribution in [0.15, 0.2) is 35.9 Å². The molecule has 8 heteroatoms. The zero-order chi connectivity index (χ0) is 42.8. The molecule has 1 aliphatic heterocycles. The van der Waals surface area contributed by atoms with E-state index in [4.69, 9.17) is 0 Å². The van der Waals surface area contributed by atoms with Gasteiger partial charge < -0.3 is 0 Å². The molecule has 1 heterocycles. The van der Waals surface area contributed by atoms with Crippen molar-refractivity contribution in [2.75, 3.05) is 5.75 Å². The first-order valence-corrected chi connectivity index (χ1v) is 50.7. The van der Waals surface area contributed by atoms with E-state index < -0.39 is 60.6 Å². The fourth-order valence-corrected chi connectivity index (χ4v) is 70.0. The standard InChI is InChI=1S/C47H90GeSSi6/c1-33(2)37-28-39(34(3)4)43(40(29-37)35(5)6)48(27-26-36(7)32-49-48)44-41(46(52(14,15)16)53(17,18)19)30-38(45(50(8,9)10)51(11,12)13)31-42(44)47(54(20,21)22)55(23,24)25/h26,28-31,33-35,45-47H,27,32H2,1-25H3. The predicted octanol–water partition coefficient (Wildman–Crippen LogP) is 15.3. The second-order valence-corrected chi connectivity index (χ2v) is 71.5. The van der Waals surface area contributed by atoms with Crippen molar-refractivity contribution in [2.24, 2.45) is 0 Å². The van der Waals surface area contributed by atoms with Gasteiger partial charge in [-0.15, -0.1) is 0 Å². The summed E-state index contributed by atoms with van der Waals surface area (Å²) in [5, 5.41) is 3.47. The van der Waals surface area contributed by atoms with Gasteiger partial charge >= 0.3 is 359 Å². The van der Waals surface area contributed by atoms with Gasteiger partial charge in [0.2, 0.25) is 0 Å². The van der Waals surface area contributed by atoms with Crippen molar-refractivity contribution in [1.29, 1.82) is 0 Å². The predicted molar refractivity (Wildman–Crippen MR) is 279 cm³/mol. The summed E-state index contributed by atoms with van der Waals surface area (Å²) >= 11 is -3.30. The Balaban J connectivity index is 3.02. The zero-order valence-corrected chi connectivity index (χ0v) is 50.1. The maximum atomic E-state index is 3.01. The third kappa shape index (κ3) is 11.0. The van der Waals surface area contributed by atoms with Gasteiger partial charge in [-0.25, -0.2) is 0 Å². The molecule has 0 nitrogen and oxygen atoms in total. The van der Waals surface area contributed by atoms with Crippen LogP contribution in [0.2, 0.25) is 123 Å². The first-order valence-electron chi connectivity index (χ1n) is 22.1. The molecule has 312 valence electrons. The minimum absolute atomic E-state index is 0.505. The molecule has 0 bridgehead atoms. The van der Waals surface area contributed by atoms with Crippen molar-refractivity contribution in [3.05, 3.63) is 69.3 Å². The van der Waals surface area contributed by atoms with Crippen molar-refractivity contribution in [2.45, 2.75) is 205 Å². The summed E-state index contributed by atoms with van der Waals surface area (Å²) in [5.41, 5.74) is 12.2. The van der Waals surface area contributed by atoms with Crippen LogP contribution in [0.3, 0.4) is 0 Å². The first kappa shape index (κ1) is 49.7. The summed E-state index contributed by atoms with van der Waals surface area (Å²) in [6, 6.07) is 11.5. The molecule has 0 spiro atoms. The molecule has 0 N–H and O–H groups in total. The molecule has 3 rings (SSSR count). The summed E-state index contributed by atoms with van der Waals surface area (Å²) in [6.45, 7) is 66.6. The SMILES string of the molecule is CC1=C[CH2][Ge]([c]2c(C(C)C)cc(C(C)C)cc2C(C)C)([c]2c(C([Si](C)(C)C)[Si](C)(C)C)cc(C([Si](C)(C)C)[Si](C)(C)C)cc2C([Si](C)(C)C)[Si](C)(C)C)[S]C1. The Hall–Kier alpha value is 0.374. The van der Waals surface area contributed by atoms with Crippen LogP contribution in [0, 0.1) is 0 Å². The number of hydrogen-bond donors (Lipinski definition) is 0. The van der Waals surface area contributed by atoms with Crippen molar-refractivity contribution in [3.8, 4) is 0 Å². The molecule has 1 aliphatic rings. The third-order valence-electron chi connectivity index (χ3n) is 12.6. The van der Waals surface area contributed by atoms with Crippen LogP contribution < -0.4 is 8.79 Å². The molecule has 2 aromatic rings. The topological polar surface area (TPSA) is 0 Å². The van der Waals surface area contributed by atoms with E-state index in [9.17, 15) is 0 Å². The van der Waals surface area contributed by atoms with E-state index in [1.165, 1.54) is 11.0 Å². The van der Waals surface area contributed by atoms with Gasteiger partial charge in [0.25, 0.3) is 0 Å². The van der Waals surface area contributed by atoms with E-state index in [0.717, 1.165) is 15.5 Å². The van der Waals surface area contributed by atoms with E-state index in [1.807, 2.05) is 19.9 Å². The Labute approximate surface area is 356 Å². The van der Waals surface area contributed by atoms with Gasteiger partial charge in [-0.05, 0) is 0 Å². The van der Waals surface area contributed by atoms with Gasteiger partial charge in [0, 0.05) is 0 Å². The van der Waals surface area contributed by atoms with Crippen molar-refractivity contribution in [1.82, 2.24) is 0 Å². The van der Waals surface area contributed by atoms with Crippen LogP contribution in [-0.2, 0) is 0 Å². The van der Waals surface area contributed by atoms with Gasteiger partial charge in [-0.2, -0.15) is 0 Å². The molecule has 1 unspecified atom stereocenters. The van der Waals surface area contributed by atoms with Crippen LogP contribution in [0.5, 0.6) is 0 Å². The van der Waals surface area contributed by atoms with Crippen LogP contribution in [-0.4, -0.2) is 66.3 Å². The van der Waals surface area contributed by atoms with Crippen LogP contribution in [0.1, 0.15) is 115 Å². The molecule has 2 aromatic carbocycles. The Morgan fingerprint density at radius 3 is 1.00 bits per heavy atom. The fraction of sp³-hybridized carbons (Fsp3) is 0.702. The van der Waals surface area contributed by atoms with Gasteiger partial charge in [0.15, 0.2) is 0 Å². The first-order chi connectivity index (χ1) is 24.5. The summed E-state index contributed by atoms with van der Waals surface area (Å²) in [6.07, 6.45) is 2.78. The van der Waals surface area contributed by atoms with Gasteiger partial charge in [-0.3, -0.25) is 0 Å². The Morgan fingerprint density at radius 1 is 0.436 bits per heavy atom. The number of rotatable bonds is 14. The Morgan fingerprint density at radius 2 is 0.745 bits per heavy atom. The second kappa shape index (κ2) is 17.0. The average molecular weight is 928 g/mol. The zero-order valence-electron chi connectivity index (χ0n) is 41.2. The summed E-state index contributed by atoms with van der Waals surface area (Å²) in [4.78, 5) is 0. The van der Waals surface area contributed by atoms with Gasteiger partial charge in [0.1, 0.15) is 0 Å². The molecule has 0 radical (unpaired) electrons. The van der Waals surface area contributed by atoms with Crippen molar-refractivity contribution >= 4 is 79.4 Å². The molecular weight excluding hydrogens is 838 g/mol. The van der Waals surface area contributed by atoms with E-state index in [1.54, 1.807) is 27.8 Å². The normalized spacial score (nSPS) is 18.5. The number of allylic oxidation sites excluding steroid dienone is 1. The fourth-order valence-electron chi connectivity index (χ4n) is 12.1. The molecular formula is C47H90GeSSi6. The van der Waals surface area contributed by atoms with E-state index in [0.29, 0.717) is 17.8 Å². The molecule has 55 heavy (non-hydrogen) atoms. The number of benzene rings is 2. The molecule has 1 atom stereocenters. The summed E-state index contributed by atoms with van der Waals surface area (Å²) in [5.74, 6) is 2.74. The van der Waals surface area contributed by atoms with Gasteiger partial charge in [0.05, 0.1) is 0 Å². The van der Waals surface area contributed by atoms with E-state index in [2.05, 4.69) is 207 Å². The monoisotopic (exact) mass is 928 g/mol. The number of hydrogen-bond acceptors (Lipinski definition) is 1. The molecule has 0 saturated heterocycles. The van der Waals surface area contributed by atoms with Crippen LogP contribution in [0.4, 0.5) is 0 Å². The molecule has 0 amide bonds. The third-order valence-corrected chi connectivity index (χ3v) is 56.0. The average Bonchev–Trinajstić information content (AvgIpc) is 2.92. The molecule has 0 aromatic heterocycles. The van der Waals surface area contributed by atoms with E-state index >= 15 is 0 Å². The van der Waals surface area contributed by atoms with Crippen LogP contribution >= 0.6 is 10.1 Å². The van der Waals surface area contributed by atoms with Crippen molar-refractivity contribution < 1.29 is 0 Å². The Bertz CT molecular complexity index is 1580. The van der Waals surface area contributed by atoms with Gasteiger partial charge in [-0.1, -0.05) is 0 Å². The second-order valence-electron chi connectivity index (χ2n) is 25.5. The minimum atomic E-state index is -3.30.